The fraction of sp³-hybridized carbons (Fsp3) is 0.400. The predicted octanol–water partition coefficient (Wildman–Crippen LogP) is 2.95. The number of nitrogens with zero attached hydrogens (tertiary/aromatic N) is 6. The van der Waals surface area contributed by atoms with Gasteiger partial charge in [-0.25, -0.2) is 9.50 Å². The standard InChI is InChI=1S/C20H21N7O/c1-12-4-3-8-27-15(12)10-14(25-27)17-16-13(21-11-22-16)5-9-26(17)19-24-23-18(28-19)20(2)6-7-20/h3-4,8,10-11,17H,5-7,9H2,1-2H3,(H,21,22)/t17-/m0/s1. The average molecular weight is 375 g/mol. The molecular weight excluding hydrogens is 354 g/mol. The summed E-state index contributed by atoms with van der Waals surface area (Å²) in [6, 6.07) is 6.64. The lowest BCUT2D eigenvalue weighted by atomic mass is 10.00. The van der Waals surface area contributed by atoms with Crippen molar-refractivity contribution in [3.8, 4) is 0 Å². The van der Waals surface area contributed by atoms with Gasteiger partial charge in [-0.2, -0.15) is 5.10 Å². The van der Waals surface area contributed by atoms with Gasteiger partial charge in [-0.3, -0.25) is 0 Å². The fourth-order valence-corrected chi connectivity index (χ4v) is 4.07. The van der Waals surface area contributed by atoms with Crippen molar-refractivity contribution in [3.63, 3.8) is 0 Å². The van der Waals surface area contributed by atoms with Gasteiger partial charge in [-0.15, -0.1) is 5.10 Å². The van der Waals surface area contributed by atoms with Gasteiger partial charge in [0.1, 0.15) is 6.04 Å². The van der Waals surface area contributed by atoms with Gasteiger partial charge in [0.25, 0.3) is 0 Å². The molecule has 0 saturated heterocycles. The quantitative estimate of drug-likeness (QED) is 0.592. The highest BCUT2D eigenvalue weighted by molar-refractivity contribution is 5.57. The number of nitrogens with one attached hydrogen (secondary N) is 1. The zero-order valence-electron chi connectivity index (χ0n) is 15.9. The van der Waals surface area contributed by atoms with Crippen LogP contribution < -0.4 is 4.90 Å². The second-order valence-corrected chi connectivity index (χ2v) is 8.15. The minimum atomic E-state index is -0.158. The molecule has 1 fully saturated rings. The van der Waals surface area contributed by atoms with E-state index in [9.17, 15) is 0 Å². The maximum Gasteiger partial charge on any atom is 0.319 e. The van der Waals surface area contributed by atoms with Gasteiger partial charge in [0.05, 0.1) is 23.2 Å². The Balaban J connectivity index is 1.48. The van der Waals surface area contributed by atoms with Crippen molar-refractivity contribution in [3.05, 3.63) is 59.3 Å². The van der Waals surface area contributed by atoms with Gasteiger partial charge in [-0.05, 0) is 37.5 Å². The number of H-pyrrole nitrogens is 1. The molecule has 4 aromatic heterocycles. The van der Waals surface area contributed by atoms with Gasteiger partial charge >= 0.3 is 6.01 Å². The number of fused-ring (bicyclic) bond motifs is 2. The number of hydrogen-bond acceptors (Lipinski definition) is 6. The summed E-state index contributed by atoms with van der Waals surface area (Å²) in [6.45, 7) is 5.04. The second-order valence-electron chi connectivity index (χ2n) is 8.15. The van der Waals surface area contributed by atoms with Crippen LogP contribution in [0.4, 0.5) is 6.01 Å². The number of rotatable bonds is 3. The fourth-order valence-electron chi connectivity index (χ4n) is 4.07. The van der Waals surface area contributed by atoms with Crippen LogP contribution in [0.5, 0.6) is 0 Å². The lowest BCUT2D eigenvalue weighted by molar-refractivity contribution is 0.431. The maximum absolute atomic E-state index is 6.12. The summed E-state index contributed by atoms with van der Waals surface area (Å²) < 4.78 is 8.05. The topological polar surface area (TPSA) is 88.1 Å². The molecule has 1 atom stereocenters. The molecule has 5 heterocycles. The Morgan fingerprint density at radius 2 is 2.18 bits per heavy atom. The number of hydrogen-bond donors (Lipinski definition) is 1. The zero-order valence-corrected chi connectivity index (χ0v) is 15.9. The monoisotopic (exact) mass is 375 g/mol. The van der Waals surface area contributed by atoms with Crippen molar-refractivity contribution in [1.29, 1.82) is 0 Å². The van der Waals surface area contributed by atoms with Crippen LogP contribution in [-0.4, -0.2) is 36.3 Å². The number of imidazole rings is 1. The SMILES string of the molecule is Cc1cccn2nc([C@H]3c4nc[nH]c4CCN3c3nnc(C4(C)CC4)o3)cc12. The zero-order chi connectivity index (χ0) is 18.9. The largest absolute Gasteiger partial charge is 0.407 e. The molecule has 142 valence electrons. The molecule has 1 N–H and O–H groups in total. The van der Waals surface area contributed by atoms with Crippen LogP contribution >= 0.6 is 0 Å². The molecule has 1 saturated carbocycles. The molecule has 0 bridgehead atoms. The highest BCUT2D eigenvalue weighted by Gasteiger charge is 2.45. The lowest BCUT2D eigenvalue weighted by Crippen LogP contribution is -2.37. The van der Waals surface area contributed by atoms with E-state index in [0.29, 0.717) is 6.01 Å². The highest BCUT2D eigenvalue weighted by atomic mass is 16.4. The summed E-state index contributed by atoms with van der Waals surface area (Å²) in [5, 5.41) is 13.6. The molecular formula is C20H21N7O. The minimum Gasteiger partial charge on any atom is -0.407 e. The van der Waals surface area contributed by atoms with E-state index in [4.69, 9.17) is 9.52 Å². The van der Waals surface area contributed by atoms with Gasteiger partial charge in [-0.1, -0.05) is 18.1 Å². The first-order chi connectivity index (χ1) is 13.6. The van der Waals surface area contributed by atoms with Crippen molar-refractivity contribution in [2.75, 3.05) is 11.4 Å². The summed E-state index contributed by atoms with van der Waals surface area (Å²) in [7, 11) is 0. The van der Waals surface area contributed by atoms with Crippen molar-refractivity contribution in [2.45, 2.75) is 44.6 Å². The van der Waals surface area contributed by atoms with Gasteiger partial charge in [0.2, 0.25) is 5.89 Å². The molecule has 4 aromatic rings. The van der Waals surface area contributed by atoms with E-state index in [1.54, 1.807) is 6.33 Å². The van der Waals surface area contributed by atoms with Crippen LogP contribution in [0.3, 0.4) is 0 Å². The molecule has 0 amide bonds. The molecule has 28 heavy (non-hydrogen) atoms. The second kappa shape index (κ2) is 5.43. The number of aromatic nitrogens is 6. The van der Waals surface area contributed by atoms with E-state index in [1.807, 2.05) is 16.8 Å². The van der Waals surface area contributed by atoms with E-state index >= 15 is 0 Å². The number of aryl methyl sites for hydroxylation is 1. The van der Waals surface area contributed by atoms with E-state index in [0.717, 1.165) is 54.3 Å². The molecule has 8 nitrogen and oxygen atoms in total. The van der Waals surface area contributed by atoms with E-state index in [-0.39, 0.29) is 11.5 Å². The molecule has 0 aromatic carbocycles. The molecule has 6 rings (SSSR count). The van der Waals surface area contributed by atoms with Crippen LogP contribution in [0, 0.1) is 6.92 Å². The molecule has 0 unspecified atom stereocenters. The van der Waals surface area contributed by atoms with Gasteiger partial charge in [0, 0.05) is 30.3 Å². The molecule has 2 aliphatic rings. The average Bonchev–Trinajstić information content (AvgIpc) is 3.16. The van der Waals surface area contributed by atoms with Crippen LogP contribution in [0.25, 0.3) is 5.52 Å². The Bertz CT molecular complexity index is 1180. The van der Waals surface area contributed by atoms with E-state index < -0.39 is 0 Å². The van der Waals surface area contributed by atoms with Crippen molar-refractivity contribution in [2.24, 2.45) is 0 Å². The predicted molar refractivity (Wildman–Crippen MR) is 102 cm³/mol. The minimum absolute atomic E-state index is 0.0498. The van der Waals surface area contributed by atoms with Gasteiger partial charge < -0.3 is 14.3 Å². The normalized spacial score (nSPS) is 20.5. The Kier molecular flexibility index (Phi) is 3.08. The lowest BCUT2D eigenvalue weighted by Gasteiger charge is -2.32. The Labute approximate surface area is 161 Å². The molecule has 0 spiro atoms. The van der Waals surface area contributed by atoms with E-state index in [1.165, 1.54) is 5.56 Å². The summed E-state index contributed by atoms with van der Waals surface area (Å²) >= 11 is 0. The molecule has 1 aliphatic carbocycles. The summed E-state index contributed by atoms with van der Waals surface area (Å²) in [5.41, 5.74) is 5.38. The molecule has 8 heteroatoms. The number of anilines is 1. The third kappa shape index (κ3) is 2.23. The Hall–Kier alpha value is -3.16. The summed E-state index contributed by atoms with van der Waals surface area (Å²) in [4.78, 5) is 10.0. The first kappa shape index (κ1) is 15.9. The van der Waals surface area contributed by atoms with Crippen molar-refractivity contribution < 1.29 is 4.42 Å². The number of aromatic amines is 1. The Morgan fingerprint density at radius 3 is 3.00 bits per heavy atom. The summed E-state index contributed by atoms with van der Waals surface area (Å²) in [5.74, 6) is 0.736. The third-order valence-corrected chi connectivity index (χ3v) is 6.11. The highest BCUT2D eigenvalue weighted by Crippen LogP contribution is 2.48. The smallest absolute Gasteiger partial charge is 0.319 e. The maximum atomic E-state index is 6.12. The first-order valence-electron chi connectivity index (χ1n) is 9.70. The Morgan fingerprint density at radius 1 is 1.29 bits per heavy atom. The number of pyridine rings is 1. The van der Waals surface area contributed by atoms with Crippen LogP contribution in [0.15, 0.2) is 35.1 Å². The van der Waals surface area contributed by atoms with Crippen LogP contribution in [-0.2, 0) is 11.8 Å². The van der Waals surface area contributed by atoms with Gasteiger partial charge in [0.15, 0.2) is 0 Å². The van der Waals surface area contributed by atoms with Crippen LogP contribution in [0.2, 0.25) is 0 Å². The third-order valence-electron chi connectivity index (χ3n) is 6.11. The molecule has 1 aliphatic heterocycles. The van der Waals surface area contributed by atoms with Crippen LogP contribution in [0.1, 0.15) is 54.3 Å². The summed E-state index contributed by atoms with van der Waals surface area (Å²) in [6.07, 6.45) is 6.80. The van der Waals surface area contributed by atoms with E-state index in [2.05, 4.69) is 51.0 Å². The van der Waals surface area contributed by atoms with Crippen molar-refractivity contribution in [1.82, 2.24) is 29.8 Å². The first-order valence-corrected chi connectivity index (χ1v) is 9.70. The molecule has 0 radical (unpaired) electrons. The van der Waals surface area contributed by atoms with Crippen molar-refractivity contribution >= 4 is 11.5 Å².